The predicted octanol–water partition coefficient (Wildman–Crippen LogP) is 17.9. The lowest BCUT2D eigenvalue weighted by Gasteiger charge is -2.28. The van der Waals surface area contributed by atoms with Crippen LogP contribution in [0.5, 0.6) is 5.75 Å². The van der Waals surface area contributed by atoms with Crippen molar-refractivity contribution in [1.29, 1.82) is 0 Å². The number of fused-ring (bicyclic) bond motifs is 1. The third-order valence-electron chi connectivity index (χ3n) is 13.3. The van der Waals surface area contributed by atoms with E-state index in [-0.39, 0.29) is 27.7 Å². The van der Waals surface area contributed by atoms with Gasteiger partial charge in [0.2, 0.25) is 0 Å². The van der Waals surface area contributed by atoms with Crippen molar-refractivity contribution in [2.45, 2.75) is 118 Å². The maximum atomic E-state index is 12.8. The first kappa shape index (κ1) is 36.9. The number of para-hydroxylation sites is 1. The maximum Gasteiger partial charge on any atom is 0.149 e. The molecule has 9 rings (SSSR count). The number of hydrogen-bond donors (Lipinski definition) is 1. The van der Waals surface area contributed by atoms with Crippen LogP contribution in [0.1, 0.15) is 130 Å². The fraction of sp³-hybridized carbons (Fsp3) is 0.273. The zero-order valence-corrected chi connectivity index (χ0v) is 42.5. The third kappa shape index (κ3) is 9.37. The van der Waals surface area contributed by atoms with Gasteiger partial charge in [0, 0.05) is 36.7 Å². The van der Waals surface area contributed by atoms with Gasteiger partial charge in [-0.2, -0.15) is 0 Å². The fourth-order valence-corrected chi connectivity index (χ4v) is 9.14. The van der Waals surface area contributed by atoms with Crippen LogP contribution >= 0.6 is 0 Å². The summed E-state index contributed by atoms with van der Waals surface area (Å²) in [5.41, 5.74) is 10.1. The lowest BCUT2D eigenvalue weighted by Crippen LogP contribution is -2.17. The van der Waals surface area contributed by atoms with Crippen molar-refractivity contribution in [2.75, 3.05) is 0 Å². The molecule has 2 heterocycles. The number of benzene rings is 7. The molecule has 7 aromatic carbocycles. The molecule has 0 aliphatic carbocycles. The Labute approximate surface area is 431 Å². The Morgan fingerprint density at radius 2 is 1.14 bits per heavy atom. The number of hydrogen-bond acceptors (Lipinski definition) is 3. The molecule has 70 heavy (non-hydrogen) atoms. The average molecular weight is 930 g/mol. The van der Waals surface area contributed by atoms with Crippen LogP contribution in [0, 0.1) is 13.7 Å². The van der Waals surface area contributed by atoms with Gasteiger partial charge in [0.1, 0.15) is 11.6 Å². The number of phenolic OH excluding ortho intramolecular Hbond substituents is 1. The normalized spacial score (nSPS) is 14.9. The molecular weight excluding hydrogens is 851 g/mol. The topological polar surface area (TPSA) is 50.9 Å². The molecule has 0 amide bonds. The van der Waals surface area contributed by atoms with Crippen LogP contribution in [0.25, 0.3) is 83.9 Å². The largest absolute Gasteiger partial charge is 0.507 e. The Hall–Kier alpha value is -7.04. The number of rotatable bonds is 7. The summed E-state index contributed by atoms with van der Waals surface area (Å²) in [6.07, 6.45) is 1.54. The Balaban J connectivity index is 1.38. The molecule has 0 bridgehead atoms. The van der Waals surface area contributed by atoms with Crippen LogP contribution in [-0.4, -0.2) is 19.6 Å². The van der Waals surface area contributed by atoms with E-state index in [1.165, 1.54) is 0 Å². The van der Waals surface area contributed by atoms with Crippen LogP contribution in [0.3, 0.4) is 0 Å². The summed E-state index contributed by atoms with van der Waals surface area (Å²) in [4.78, 5) is 10.4. The van der Waals surface area contributed by atoms with Crippen molar-refractivity contribution in [2.24, 2.45) is 0 Å². The first-order valence-corrected chi connectivity index (χ1v) is 24.0. The summed E-state index contributed by atoms with van der Waals surface area (Å²) in [5.74, 6) is 0.470. The van der Waals surface area contributed by atoms with E-state index in [1.807, 2.05) is 89.5 Å². The number of aryl methyl sites for hydroxylation is 1. The first-order valence-electron chi connectivity index (χ1n) is 29.0. The number of aromatic nitrogens is 3. The third-order valence-corrected chi connectivity index (χ3v) is 13.3. The Morgan fingerprint density at radius 3 is 1.79 bits per heavy atom. The highest BCUT2D eigenvalue weighted by atomic mass is 16.3. The van der Waals surface area contributed by atoms with Crippen molar-refractivity contribution in [3.8, 4) is 78.6 Å². The monoisotopic (exact) mass is 930 g/mol. The van der Waals surface area contributed by atoms with Crippen LogP contribution in [0.2, 0.25) is 0 Å². The van der Waals surface area contributed by atoms with Crippen LogP contribution in [-0.2, 0) is 21.7 Å². The summed E-state index contributed by atoms with van der Waals surface area (Å²) in [6.45, 7) is 20.0. The van der Waals surface area contributed by atoms with Gasteiger partial charge in [-0.3, -0.25) is 9.55 Å². The van der Waals surface area contributed by atoms with Crippen molar-refractivity contribution in [3.05, 3.63) is 191 Å². The second kappa shape index (κ2) is 17.7. The van der Waals surface area contributed by atoms with Crippen molar-refractivity contribution < 1.29 is 18.8 Å². The highest BCUT2D eigenvalue weighted by molar-refractivity contribution is 5.98. The van der Waals surface area contributed by atoms with Gasteiger partial charge in [-0.25, -0.2) is 4.98 Å². The maximum absolute atomic E-state index is 12.8. The van der Waals surface area contributed by atoms with E-state index in [2.05, 4.69) is 107 Å². The van der Waals surface area contributed by atoms with Crippen LogP contribution in [0.4, 0.5) is 0 Å². The number of pyridine rings is 1. The molecular formula is C66H69N3O. The number of phenols is 1. The van der Waals surface area contributed by atoms with E-state index < -0.39 is 54.3 Å². The molecule has 0 spiro atoms. The van der Waals surface area contributed by atoms with E-state index in [0.29, 0.717) is 50.5 Å². The molecule has 4 heteroatoms. The van der Waals surface area contributed by atoms with Crippen LogP contribution in [0.15, 0.2) is 158 Å². The van der Waals surface area contributed by atoms with Gasteiger partial charge in [0.15, 0.2) is 0 Å². The molecule has 0 saturated heterocycles. The highest BCUT2D eigenvalue weighted by Gasteiger charge is 2.30. The van der Waals surface area contributed by atoms with Crippen molar-refractivity contribution in [1.82, 2.24) is 14.5 Å². The molecule has 2 aromatic heterocycles. The van der Waals surface area contributed by atoms with Gasteiger partial charge in [-0.1, -0.05) is 192 Å². The molecule has 9 aromatic rings. The van der Waals surface area contributed by atoms with E-state index >= 15 is 0 Å². The first-order chi connectivity index (χ1) is 37.0. The average Bonchev–Trinajstić information content (AvgIpc) is 3.85. The molecule has 4 nitrogen and oxygen atoms in total. The summed E-state index contributed by atoms with van der Waals surface area (Å²) in [5, 5.41) is 12.8. The van der Waals surface area contributed by atoms with Crippen molar-refractivity contribution in [3.63, 3.8) is 0 Å². The molecule has 0 atom stereocenters. The van der Waals surface area contributed by atoms with Gasteiger partial charge in [-0.05, 0) is 140 Å². The molecule has 1 N–H and O–H groups in total. The minimum atomic E-state index is -2.86. The summed E-state index contributed by atoms with van der Waals surface area (Å²) in [7, 11) is 0. The van der Waals surface area contributed by atoms with Gasteiger partial charge in [-0.15, -0.1) is 0 Å². The Morgan fingerprint density at radius 1 is 0.486 bits per heavy atom. The molecule has 0 radical (unpaired) electrons. The van der Waals surface area contributed by atoms with Crippen LogP contribution < -0.4 is 0 Å². The lowest BCUT2D eigenvalue weighted by molar-refractivity contribution is 0.446. The lowest BCUT2D eigenvalue weighted by atomic mass is 9.79. The van der Waals surface area contributed by atoms with Crippen molar-refractivity contribution >= 4 is 11.0 Å². The summed E-state index contributed by atoms with van der Waals surface area (Å²) < 4.78 is 88.5. The van der Waals surface area contributed by atoms with E-state index in [4.69, 9.17) is 23.7 Å². The molecule has 0 aliphatic heterocycles. The van der Waals surface area contributed by atoms with Gasteiger partial charge in [0.25, 0.3) is 0 Å². The number of aromatic hydroxyl groups is 1. The van der Waals surface area contributed by atoms with Gasteiger partial charge in [0.05, 0.1) is 33.5 Å². The van der Waals surface area contributed by atoms with E-state index in [9.17, 15) is 5.11 Å². The Kier molecular flexibility index (Phi) is 9.34. The molecule has 0 fully saturated rings. The minimum Gasteiger partial charge on any atom is -0.507 e. The summed E-state index contributed by atoms with van der Waals surface area (Å²) in [6, 6.07) is 39.1. The quantitative estimate of drug-likeness (QED) is 0.173. The standard InChI is InChI=1S/C66H69N3O/c1-41-23-25-43(26-24-41)46-31-32-67-57(37-46)48-34-47(35-50(36-48)64(6,7)8)52-21-18-22-58-60(52)68-62(55-38-51(65(9,10)11)39-56(61(55)70)66(12,13)14)69(58)59-33-42(2)53(40-54(59)44-19-16-15-17-20-44)45-27-29-49(30-28-45)63(3,4)5/h15-40,70H,1-14H3/i1D3,2D3,23D,24D,25D,26D. The second-order valence-electron chi connectivity index (χ2n) is 22.7. The molecule has 0 saturated carbocycles. The zero-order valence-electron chi connectivity index (χ0n) is 52.5. The molecule has 0 unspecified atom stereocenters. The van der Waals surface area contributed by atoms with E-state index in [0.717, 1.165) is 50.1 Å². The molecule has 354 valence electrons. The fourth-order valence-electron chi connectivity index (χ4n) is 9.14. The Bertz CT molecular complexity index is 3850. The molecule has 0 aliphatic rings. The predicted molar refractivity (Wildman–Crippen MR) is 297 cm³/mol. The van der Waals surface area contributed by atoms with Gasteiger partial charge >= 0.3 is 0 Å². The second-order valence-corrected chi connectivity index (χ2v) is 22.7. The van der Waals surface area contributed by atoms with E-state index in [1.54, 1.807) is 24.4 Å². The number of imidazole rings is 1. The zero-order chi connectivity index (χ0) is 58.6. The highest BCUT2D eigenvalue weighted by Crippen LogP contribution is 2.47. The van der Waals surface area contributed by atoms with Gasteiger partial charge < -0.3 is 5.11 Å². The minimum absolute atomic E-state index is 0.0388. The summed E-state index contributed by atoms with van der Waals surface area (Å²) >= 11 is 0. The number of nitrogens with zero attached hydrogens (tertiary/aromatic N) is 3. The SMILES string of the molecule is [2H]c1c([2H])c(C([2H])([2H])[2H])c([2H])c([2H])c1-c1ccnc(-c2cc(-c3cccc4c3nc(-c3cc(C(C)(C)C)cc(C(C)(C)C)c3O)n4-c3cc(C([2H])([2H])[2H])c(-c4ccc(C(C)(C)C)cc4)cc3-c3ccccc3)cc(C(C)(C)C)c2)c1. The smallest absolute Gasteiger partial charge is 0.149 e.